The quantitative estimate of drug-likeness (QED) is 0.565. The molecular weight excluding hydrogens is 395 g/mol. The lowest BCUT2D eigenvalue weighted by Crippen LogP contribution is -2.56. The highest BCUT2D eigenvalue weighted by Gasteiger charge is 2.45. The van der Waals surface area contributed by atoms with E-state index in [0.29, 0.717) is 10.7 Å². The third-order valence-corrected chi connectivity index (χ3v) is 4.81. The number of halogens is 2. The number of fused-ring (bicyclic) bond motifs is 1. The standard InChI is InChI=1S/C18H14Cl2N2O5/c1-26-17(24)14-15(18(25)27-2)21-8-4-3-5-13(21)22(16(14)23)10-6-7-11(19)12(20)9-10/h3-9,13H,1-2H3. The molecule has 0 N–H and O–H groups in total. The molecule has 1 aromatic rings. The molecule has 9 heteroatoms. The molecule has 1 unspecified atom stereocenters. The highest BCUT2D eigenvalue weighted by atomic mass is 35.5. The molecule has 1 aromatic carbocycles. The second kappa shape index (κ2) is 7.46. The summed E-state index contributed by atoms with van der Waals surface area (Å²) in [6.07, 6.45) is 5.94. The number of carbonyl (C=O) groups is 3. The Morgan fingerprint density at radius 2 is 1.74 bits per heavy atom. The van der Waals surface area contributed by atoms with Gasteiger partial charge in [0.15, 0.2) is 5.57 Å². The Hall–Kier alpha value is -2.77. The molecule has 0 saturated carbocycles. The van der Waals surface area contributed by atoms with Crippen molar-refractivity contribution in [3.63, 3.8) is 0 Å². The summed E-state index contributed by atoms with van der Waals surface area (Å²) in [4.78, 5) is 40.7. The van der Waals surface area contributed by atoms with E-state index in [0.717, 1.165) is 7.11 Å². The minimum Gasteiger partial charge on any atom is -0.465 e. The van der Waals surface area contributed by atoms with Gasteiger partial charge in [-0.05, 0) is 30.4 Å². The third-order valence-electron chi connectivity index (χ3n) is 4.07. The SMILES string of the molecule is COC(=O)C1=C(C(=O)OC)N2C=CC=CC2N(c2ccc(Cl)c(Cl)c2)C1=O. The van der Waals surface area contributed by atoms with Gasteiger partial charge in [-0.1, -0.05) is 29.3 Å². The number of ether oxygens (including phenoxy) is 2. The number of hydrogen-bond acceptors (Lipinski definition) is 6. The smallest absolute Gasteiger partial charge is 0.355 e. The molecule has 27 heavy (non-hydrogen) atoms. The number of hydrogen-bond donors (Lipinski definition) is 0. The highest BCUT2D eigenvalue weighted by Crippen LogP contribution is 2.36. The van der Waals surface area contributed by atoms with Crippen LogP contribution in [-0.2, 0) is 23.9 Å². The van der Waals surface area contributed by atoms with Gasteiger partial charge in [-0.25, -0.2) is 9.59 Å². The molecule has 1 atom stereocenters. The lowest BCUT2D eigenvalue weighted by atomic mass is 10.0. The van der Waals surface area contributed by atoms with Crippen molar-refractivity contribution >= 4 is 46.7 Å². The van der Waals surface area contributed by atoms with E-state index in [1.54, 1.807) is 30.5 Å². The average molecular weight is 409 g/mol. The lowest BCUT2D eigenvalue weighted by Gasteiger charge is -2.43. The summed E-state index contributed by atoms with van der Waals surface area (Å²) in [5.74, 6) is -2.50. The number of allylic oxidation sites excluding steroid dienone is 2. The number of carbonyl (C=O) groups excluding carboxylic acids is 3. The van der Waals surface area contributed by atoms with Crippen molar-refractivity contribution in [2.24, 2.45) is 0 Å². The molecule has 1 amide bonds. The molecule has 0 fully saturated rings. The largest absolute Gasteiger partial charge is 0.465 e. The van der Waals surface area contributed by atoms with Crippen LogP contribution in [0.5, 0.6) is 0 Å². The van der Waals surface area contributed by atoms with Gasteiger partial charge in [0.2, 0.25) is 0 Å². The Kier molecular flexibility index (Phi) is 5.25. The summed E-state index contributed by atoms with van der Waals surface area (Å²) in [6.45, 7) is 0. The Morgan fingerprint density at radius 3 is 2.37 bits per heavy atom. The fourth-order valence-electron chi connectivity index (χ4n) is 2.87. The second-order valence-corrected chi connectivity index (χ2v) is 6.34. The summed E-state index contributed by atoms with van der Waals surface area (Å²) in [5, 5.41) is 0.561. The number of rotatable bonds is 3. The first kappa shape index (κ1) is 19.0. The van der Waals surface area contributed by atoms with Crippen molar-refractivity contribution in [2.45, 2.75) is 6.17 Å². The van der Waals surface area contributed by atoms with Gasteiger partial charge in [0.05, 0.1) is 24.3 Å². The van der Waals surface area contributed by atoms with Crippen LogP contribution in [0.3, 0.4) is 0 Å². The van der Waals surface area contributed by atoms with Crippen LogP contribution in [0, 0.1) is 0 Å². The van der Waals surface area contributed by atoms with Crippen molar-refractivity contribution in [3.8, 4) is 0 Å². The Bertz CT molecular complexity index is 922. The van der Waals surface area contributed by atoms with Crippen LogP contribution < -0.4 is 4.90 Å². The van der Waals surface area contributed by atoms with Crippen molar-refractivity contribution in [2.75, 3.05) is 19.1 Å². The van der Waals surface area contributed by atoms with Crippen LogP contribution in [0.25, 0.3) is 0 Å². The van der Waals surface area contributed by atoms with Gasteiger partial charge in [0, 0.05) is 11.9 Å². The Balaban J connectivity index is 2.24. The minimum absolute atomic E-state index is 0.198. The first-order valence-corrected chi connectivity index (χ1v) is 8.49. The Labute approximate surface area is 165 Å². The molecule has 140 valence electrons. The highest BCUT2D eigenvalue weighted by molar-refractivity contribution is 6.42. The molecule has 0 saturated heterocycles. The lowest BCUT2D eigenvalue weighted by molar-refractivity contribution is -0.143. The molecular formula is C18H14Cl2N2O5. The van der Waals surface area contributed by atoms with Gasteiger partial charge in [-0.15, -0.1) is 0 Å². The first-order valence-electron chi connectivity index (χ1n) is 7.73. The van der Waals surface area contributed by atoms with Gasteiger partial charge >= 0.3 is 11.9 Å². The van der Waals surface area contributed by atoms with Crippen molar-refractivity contribution in [1.82, 2.24) is 4.90 Å². The molecule has 7 nitrogen and oxygen atoms in total. The summed E-state index contributed by atoms with van der Waals surface area (Å²) < 4.78 is 9.50. The summed E-state index contributed by atoms with van der Waals surface area (Å²) >= 11 is 12.1. The maximum Gasteiger partial charge on any atom is 0.355 e. The van der Waals surface area contributed by atoms with Gasteiger partial charge in [-0.2, -0.15) is 0 Å². The van der Waals surface area contributed by atoms with Gasteiger partial charge < -0.3 is 14.4 Å². The van der Waals surface area contributed by atoms with Crippen LogP contribution in [0.2, 0.25) is 10.0 Å². The molecule has 0 aromatic heterocycles. The van der Waals surface area contributed by atoms with Crippen molar-refractivity contribution in [1.29, 1.82) is 0 Å². The molecule has 2 heterocycles. The fraction of sp³-hybridized carbons (Fsp3) is 0.167. The number of anilines is 1. The monoisotopic (exact) mass is 408 g/mol. The number of benzene rings is 1. The van der Waals surface area contributed by atoms with Crippen LogP contribution in [0.4, 0.5) is 5.69 Å². The summed E-state index contributed by atoms with van der Waals surface area (Å²) in [6, 6.07) is 4.63. The zero-order chi connectivity index (χ0) is 19.7. The normalized spacial score (nSPS) is 18.5. The molecule has 2 aliphatic heterocycles. The van der Waals surface area contributed by atoms with Crippen LogP contribution in [-0.4, -0.2) is 43.1 Å². The molecule has 2 aliphatic rings. The fourth-order valence-corrected chi connectivity index (χ4v) is 3.16. The van der Waals surface area contributed by atoms with E-state index in [-0.39, 0.29) is 10.7 Å². The summed E-state index contributed by atoms with van der Waals surface area (Å²) in [7, 11) is 2.29. The maximum absolute atomic E-state index is 13.2. The van der Waals surface area contributed by atoms with E-state index >= 15 is 0 Å². The molecule has 0 bridgehead atoms. The zero-order valence-electron chi connectivity index (χ0n) is 14.3. The predicted octanol–water partition coefficient (Wildman–Crippen LogP) is 2.65. The number of methoxy groups -OCH3 is 2. The molecule has 3 rings (SSSR count). The third kappa shape index (κ3) is 3.20. The topological polar surface area (TPSA) is 76.2 Å². The molecule has 0 aliphatic carbocycles. The van der Waals surface area contributed by atoms with Gasteiger partial charge in [0.1, 0.15) is 11.9 Å². The van der Waals surface area contributed by atoms with E-state index in [4.69, 9.17) is 32.7 Å². The van der Waals surface area contributed by atoms with E-state index < -0.39 is 29.6 Å². The van der Waals surface area contributed by atoms with Gasteiger partial charge in [0.25, 0.3) is 5.91 Å². The van der Waals surface area contributed by atoms with E-state index in [1.807, 2.05) is 0 Å². The second-order valence-electron chi connectivity index (χ2n) is 5.53. The molecule has 0 radical (unpaired) electrons. The van der Waals surface area contributed by atoms with Crippen LogP contribution in [0.1, 0.15) is 0 Å². The Morgan fingerprint density at radius 1 is 1.04 bits per heavy atom. The average Bonchev–Trinajstić information content (AvgIpc) is 2.68. The predicted molar refractivity (Wildman–Crippen MR) is 98.9 cm³/mol. The van der Waals surface area contributed by atoms with Gasteiger partial charge in [-0.3, -0.25) is 9.69 Å². The number of amides is 1. The number of nitrogens with zero attached hydrogens (tertiary/aromatic N) is 2. The summed E-state index contributed by atoms with van der Waals surface area (Å²) in [5.41, 5.74) is -0.238. The van der Waals surface area contributed by atoms with Crippen molar-refractivity contribution < 1.29 is 23.9 Å². The van der Waals surface area contributed by atoms with Crippen molar-refractivity contribution in [3.05, 3.63) is 63.9 Å². The maximum atomic E-state index is 13.2. The zero-order valence-corrected chi connectivity index (χ0v) is 15.8. The first-order chi connectivity index (χ1) is 12.9. The van der Waals surface area contributed by atoms with E-state index in [9.17, 15) is 14.4 Å². The van der Waals surface area contributed by atoms with Crippen LogP contribution in [0.15, 0.2) is 53.9 Å². The number of esters is 2. The van der Waals surface area contributed by atoms with Crippen LogP contribution >= 0.6 is 23.2 Å². The van der Waals surface area contributed by atoms with E-state index in [1.165, 1.54) is 29.0 Å². The van der Waals surface area contributed by atoms with E-state index in [2.05, 4.69) is 0 Å². The minimum atomic E-state index is -0.952. The molecule has 0 spiro atoms.